The second-order valence-corrected chi connectivity index (χ2v) is 9.61. The van der Waals surface area contributed by atoms with Crippen molar-refractivity contribution in [2.45, 2.75) is 56.2 Å². The molecule has 1 heterocycles. The lowest BCUT2D eigenvalue weighted by atomic mass is 9.56. The number of aromatic hydroxyl groups is 1. The second-order valence-electron chi connectivity index (χ2n) is 9.61. The molecule has 3 aliphatic rings. The molecule has 5 rings (SSSR count). The number of piperidine rings is 1. The number of likely N-dealkylation sites (tertiary alicyclic amines) is 1. The first-order valence-corrected chi connectivity index (χ1v) is 10.9. The standard InChI is InChI=1S/C25H30N2O3/c1-16-3-5-17(6-4-16)15-26-23(29)19-13-24-9-10-27(2)22(25(24,30)14-19)11-18-7-8-20(28)12-21(18)24/h3-8,12,19,22,28,30H,9-11,13-15H2,1-2H3,(H,26,29)/t19-,22+,24+,25+/m0/s1. The minimum atomic E-state index is -0.952. The van der Waals surface area contributed by atoms with Crippen LogP contribution in [0, 0.1) is 12.8 Å². The van der Waals surface area contributed by atoms with Crippen molar-refractivity contribution in [3.63, 3.8) is 0 Å². The molecule has 1 saturated heterocycles. The molecule has 0 spiro atoms. The largest absolute Gasteiger partial charge is 0.508 e. The molecule has 5 heteroatoms. The average molecular weight is 407 g/mol. The monoisotopic (exact) mass is 406 g/mol. The van der Waals surface area contributed by atoms with Gasteiger partial charge in [0.15, 0.2) is 0 Å². The minimum Gasteiger partial charge on any atom is -0.508 e. The van der Waals surface area contributed by atoms with Gasteiger partial charge in [0.05, 0.1) is 5.60 Å². The highest BCUT2D eigenvalue weighted by molar-refractivity contribution is 5.80. The fourth-order valence-corrected chi connectivity index (χ4v) is 6.33. The SMILES string of the molecule is Cc1ccc(CNC(=O)[C@H]2C[C@]34CCN(C)[C@H](Cc5ccc(O)cc53)[C@]4(O)C2)cc1. The molecule has 2 aromatic rings. The summed E-state index contributed by atoms with van der Waals surface area (Å²) in [5, 5.41) is 25.3. The number of benzene rings is 2. The van der Waals surface area contributed by atoms with Crippen LogP contribution in [-0.4, -0.2) is 46.3 Å². The van der Waals surface area contributed by atoms with Gasteiger partial charge in [0, 0.05) is 23.9 Å². The Morgan fingerprint density at radius 2 is 1.97 bits per heavy atom. The first-order valence-electron chi connectivity index (χ1n) is 10.9. The first-order chi connectivity index (χ1) is 14.3. The van der Waals surface area contributed by atoms with Crippen molar-refractivity contribution in [2.75, 3.05) is 13.6 Å². The van der Waals surface area contributed by atoms with Gasteiger partial charge in [0.25, 0.3) is 0 Å². The summed E-state index contributed by atoms with van der Waals surface area (Å²) >= 11 is 0. The van der Waals surface area contributed by atoms with Gasteiger partial charge in [-0.2, -0.15) is 0 Å². The van der Waals surface area contributed by atoms with Crippen molar-refractivity contribution < 1.29 is 15.0 Å². The van der Waals surface area contributed by atoms with Crippen molar-refractivity contribution in [3.05, 3.63) is 64.7 Å². The van der Waals surface area contributed by atoms with Crippen molar-refractivity contribution in [3.8, 4) is 5.75 Å². The van der Waals surface area contributed by atoms with Gasteiger partial charge < -0.3 is 20.4 Å². The number of nitrogens with zero attached hydrogens (tertiary/aromatic N) is 1. The Balaban J connectivity index is 1.44. The van der Waals surface area contributed by atoms with E-state index in [2.05, 4.69) is 29.4 Å². The highest BCUT2D eigenvalue weighted by Gasteiger charge is 2.67. The number of aliphatic hydroxyl groups is 1. The Morgan fingerprint density at radius 3 is 2.73 bits per heavy atom. The predicted molar refractivity (Wildman–Crippen MR) is 115 cm³/mol. The highest BCUT2D eigenvalue weighted by atomic mass is 16.3. The molecule has 4 atom stereocenters. The Bertz CT molecular complexity index is 988. The van der Waals surface area contributed by atoms with E-state index in [0.717, 1.165) is 30.5 Å². The second kappa shape index (κ2) is 6.82. The zero-order valence-corrected chi connectivity index (χ0v) is 17.7. The molecule has 30 heavy (non-hydrogen) atoms. The number of carbonyl (C=O) groups is 1. The summed E-state index contributed by atoms with van der Waals surface area (Å²) in [7, 11) is 2.07. The first kappa shape index (κ1) is 19.6. The van der Waals surface area contributed by atoms with E-state index in [4.69, 9.17) is 0 Å². The minimum absolute atomic E-state index is 0.00167. The van der Waals surface area contributed by atoms with Gasteiger partial charge in [-0.25, -0.2) is 0 Å². The van der Waals surface area contributed by atoms with Crippen molar-refractivity contribution >= 4 is 5.91 Å². The third-order valence-corrected chi connectivity index (χ3v) is 7.94. The van der Waals surface area contributed by atoms with Crippen LogP contribution in [0.25, 0.3) is 0 Å². The molecule has 0 aromatic heterocycles. The van der Waals surface area contributed by atoms with Crippen LogP contribution in [0.3, 0.4) is 0 Å². The van der Waals surface area contributed by atoms with Gasteiger partial charge in [-0.1, -0.05) is 35.9 Å². The normalized spacial score (nSPS) is 32.4. The summed E-state index contributed by atoms with van der Waals surface area (Å²) in [4.78, 5) is 15.4. The maximum absolute atomic E-state index is 13.1. The maximum Gasteiger partial charge on any atom is 0.223 e. The lowest BCUT2D eigenvalue weighted by molar-refractivity contribution is -0.129. The van der Waals surface area contributed by atoms with Crippen LogP contribution in [0.1, 0.15) is 41.5 Å². The van der Waals surface area contributed by atoms with Crippen LogP contribution in [0.15, 0.2) is 42.5 Å². The highest BCUT2D eigenvalue weighted by Crippen LogP contribution is 2.61. The number of rotatable bonds is 3. The number of fused-ring (bicyclic) bond motifs is 1. The Labute approximate surface area is 177 Å². The van der Waals surface area contributed by atoms with Gasteiger partial charge in [0.1, 0.15) is 5.75 Å². The molecule has 2 fully saturated rings. The Morgan fingerprint density at radius 1 is 1.20 bits per heavy atom. The molecule has 2 aliphatic carbocycles. The molecule has 2 bridgehead atoms. The van der Waals surface area contributed by atoms with Crippen LogP contribution in [0.5, 0.6) is 5.75 Å². The Kier molecular flexibility index (Phi) is 4.46. The molecule has 5 nitrogen and oxygen atoms in total. The van der Waals surface area contributed by atoms with Crippen LogP contribution in [-0.2, 0) is 23.2 Å². The van der Waals surface area contributed by atoms with Gasteiger partial charge in [0.2, 0.25) is 5.91 Å². The third-order valence-electron chi connectivity index (χ3n) is 7.94. The lowest BCUT2D eigenvalue weighted by Gasteiger charge is -2.58. The summed E-state index contributed by atoms with van der Waals surface area (Å²) in [6.07, 6.45) is 2.65. The molecular formula is C25H30N2O3. The molecule has 1 aliphatic heterocycles. The summed E-state index contributed by atoms with van der Waals surface area (Å²) in [6, 6.07) is 13.7. The topological polar surface area (TPSA) is 72.8 Å². The van der Waals surface area contributed by atoms with E-state index in [1.807, 2.05) is 31.2 Å². The molecule has 0 unspecified atom stereocenters. The van der Waals surface area contributed by atoms with Crippen LogP contribution in [0.4, 0.5) is 0 Å². The number of phenols is 1. The summed E-state index contributed by atoms with van der Waals surface area (Å²) in [6.45, 7) is 3.44. The van der Waals surface area contributed by atoms with Gasteiger partial charge >= 0.3 is 0 Å². The van der Waals surface area contributed by atoms with Gasteiger partial charge in [-0.3, -0.25) is 4.79 Å². The fourth-order valence-electron chi connectivity index (χ4n) is 6.33. The van der Waals surface area contributed by atoms with Crippen LogP contribution >= 0.6 is 0 Å². The summed E-state index contributed by atoms with van der Waals surface area (Å²) in [5.74, 6) is 0.0145. The van der Waals surface area contributed by atoms with E-state index in [1.54, 1.807) is 6.07 Å². The van der Waals surface area contributed by atoms with Crippen molar-refractivity contribution in [1.82, 2.24) is 10.2 Å². The van der Waals surface area contributed by atoms with E-state index in [-0.39, 0.29) is 23.6 Å². The number of phenolic OH excluding ortho intramolecular Hbond substituents is 1. The predicted octanol–water partition coefficient (Wildman–Crippen LogP) is 2.66. The Hall–Kier alpha value is -2.37. The average Bonchev–Trinajstić information content (AvgIpc) is 3.06. The fraction of sp³-hybridized carbons (Fsp3) is 0.480. The molecule has 0 radical (unpaired) electrons. The number of aryl methyl sites for hydroxylation is 1. The lowest BCUT2D eigenvalue weighted by Crippen LogP contribution is -2.68. The smallest absolute Gasteiger partial charge is 0.223 e. The number of carbonyl (C=O) groups excluding carboxylic acids is 1. The molecule has 1 amide bonds. The van der Waals surface area contributed by atoms with Crippen molar-refractivity contribution in [2.24, 2.45) is 5.92 Å². The number of nitrogens with one attached hydrogen (secondary N) is 1. The molecular weight excluding hydrogens is 376 g/mol. The molecule has 1 saturated carbocycles. The molecule has 2 aromatic carbocycles. The summed E-state index contributed by atoms with van der Waals surface area (Å²) < 4.78 is 0. The number of hydrogen-bond donors (Lipinski definition) is 3. The van der Waals surface area contributed by atoms with E-state index < -0.39 is 11.0 Å². The zero-order valence-electron chi connectivity index (χ0n) is 17.7. The summed E-state index contributed by atoms with van der Waals surface area (Å²) in [5.41, 5.74) is 3.09. The molecule has 158 valence electrons. The quantitative estimate of drug-likeness (QED) is 0.733. The zero-order chi connectivity index (χ0) is 21.1. The van der Waals surface area contributed by atoms with Gasteiger partial charge in [-0.05, 0) is 75.0 Å². The van der Waals surface area contributed by atoms with Crippen molar-refractivity contribution in [1.29, 1.82) is 0 Å². The maximum atomic E-state index is 13.1. The van der Waals surface area contributed by atoms with Crippen LogP contribution in [0.2, 0.25) is 0 Å². The number of amides is 1. The van der Waals surface area contributed by atoms with E-state index in [0.29, 0.717) is 19.4 Å². The number of likely N-dealkylation sites (N-methyl/N-ethyl adjacent to an activating group) is 1. The number of hydrogen-bond acceptors (Lipinski definition) is 4. The van der Waals surface area contributed by atoms with E-state index in [9.17, 15) is 15.0 Å². The van der Waals surface area contributed by atoms with Gasteiger partial charge in [-0.15, -0.1) is 0 Å². The van der Waals surface area contributed by atoms with Crippen LogP contribution < -0.4 is 5.32 Å². The third kappa shape index (κ3) is 2.79. The molecule has 3 N–H and O–H groups in total. The van der Waals surface area contributed by atoms with E-state index in [1.165, 1.54) is 11.1 Å². The van der Waals surface area contributed by atoms with E-state index >= 15 is 0 Å².